The van der Waals surface area contributed by atoms with Crippen molar-refractivity contribution in [2.45, 2.75) is 6.42 Å². The zero-order valence-corrected chi connectivity index (χ0v) is 12.3. The van der Waals surface area contributed by atoms with Crippen molar-refractivity contribution in [3.05, 3.63) is 63.2 Å². The van der Waals surface area contributed by atoms with Gasteiger partial charge in [-0.15, -0.1) is 0 Å². The second-order valence-electron chi connectivity index (χ2n) is 5.34. The van der Waals surface area contributed by atoms with Crippen molar-refractivity contribution in [3.63, 3.8) is 0 Å². The number of nitro benzene ring substituents is 1. The number of fused-ring (bicyclic) bond motifs is 2. The number of non-ortho nitro benzene ring substituents is 1. The molecule has 0 saturated heterocycles. The van der Waals surface area contributed by atoms with E-state index >= 15 is 0 Å². The molecule has 8 heteroatoms. The fourth-order valence-electron chi connectivity index (χ4n) is 2.73. The molecule has 120 valence electrons. The third-order valence-corrected chi connectivity index (χ3v) is 3.83. The molecule has 2 aromatic carbocycles. The van der Waals surface area contributed by atoms with Gasteiger partial charge < -0.3 is 9.47 Å². The maximum Gasteiger partial charge on any atom is 0.270 e. The topological polar surface area (TPSA) is 103 Å². The Kier molecular flexibility index (Phi) is 3.16. The summed E-state index contributed by atoms with van der Waals surface area (Å²) in [7, 11) is 0. The van der Waals surface area contributed by atoms with Gasteiger partial charge in [-0.1, -0.05) is 12.1 Å². The Labute approximate surface area is 135 Å². The van der Waals surface area contributed by atoms with Crippen LogP contribution in [0.4, 0.5) is 5.69 Å². The van der Waals surface area contributed by atoms with Crippen molar-refractivity contribution in [1.82, 2.24) is 5.43 Å². The zero-order valence-electron chi connectivity index (χ0n) is 12.3. The van der Waals surface area contributed by atoms with Crippen LogP contribution in [0.1, 0.15) is 16.7 Å². The average molecular weight is 325 g/mol. The van der Waals surface area contributed by atoms with E-state index in [1.807, 2.05) is 0 Å². The molecule has 0 spiro atoms. The molecule has 0 fully saturated rings. The number of nitro groups is 1. The fraction of sp³-hybridized carbons (Fsp3) is 0.125. The molecule has 1 amide bonds. The molecule has 2 aromatic rings. The van der Waals surface area contributed by atoms with Crippen LogP contribution in [-0.4, -0.2) is 23.3 Å². The highest BCUT2D eigenvalue weighted by atomic mass is 16.7. The monoisotopic (exact) mass is 325 g/mol. The van der Waals surface area contributed by atoms with E-state index in [4.69, 9.17) is 9.47 Å². The van der Waals surface area contributed by atoms with E-state index in [1.165, 1.54) is 12.1 Å². The molecule has 0 unspecified atom stereocenters. The Bertz CT molecular complexity index is 907. The first kappa shape index (κ1) is 14.2. The lowest BCUT2D eigenvalue weighted by Gasteiger charge is -2.10. The van der Waals surface area contributed by atoms with Crippen LogP contribution in [-0.2, 0) is 11.2 Å². The minimum atomic E-state index is -0.472. The second kappa shape index (κ2) is 5.34. The van der Waals surface area contributed by atoms with Gasteiger partial charge in [0.15, 0.2) is 11.5 Å². The lowest BCUT2D eigenvalue weighted by atomic mass is 9.95. The summed E-state index contributed by atoms with van der Waals surface area (Å²) < 4.78 is 10.7. The van der Waals surface area contributed by atoms with Gasteiger partial charge in [0, 0.05) is 23.3 Å². The van der Waals surface area contributed by atoms with Crippen LogP contribution in [0.15, 0.2) is 41.5 Å². The number of hydrazone groups is 1. The number of amides is 1. The molecule has 0 aliphatic carbocycles. The maximum atomic E-state index is 11.9. The molecular weight excluding hydrogens is 314 g/mol. The van der Waals surface area contributed by atoms with Crippen LogP contribution in [0, 0.1) is 10.1 Å². The number of nitrogens with one attached hydrogen (secondary N) is 1. The molecule has 0 atom stereocenters. The average Bonchev–Trinajstić information content (AvgIpc) is 2.95. The van der Waals surface area contributed by atoms with E-state index < -0.39 is 4.92 Å². The molecule has 0 bridgehead atoms. The zero-order chi connectivity index (χ0) is 16.7. The number of hydrogen-bond donors (Lipinski definition) is 1. The van der Waals surface area contributed by atoms with Crippen molar-refractivity contribution in [3.8, 4) is 11.5 Å². The Morgan fingerprint density at radius 1 is 1.17 bits per heavy atom. The van der Waals surface area contributed by atoms with E-state index in [0.717, 1.165) is 5.56 Å². The van der Waals surface area contributed by atoms with Crippen LogP contribution in [0.25, 0.3) is 0 Å². The molecule has 24 heavy (non-hydrogen) atoms. The van der Waals surface area contributed by atoms with E-state index in [0.29, 0.717) is 28.3 Å². The molecule has 0 saturated carbocycles. The normalized spacial score (nSPS) is 15.2. The van der Waals surface area contributed by atoms with Gasteiger partial charge in [0.2, 0.25) is 12.7 Å². The van der Waals surface area contributed by atoms with Crippen LogP contribution in [0.2, 0.25) is 0 Å². The molecule has 0 radical (unpaired) electrons. The van der Waals surface area contributed by atoms with E-state index in [1.54, 1.807) is 24.3 Å². The summed E-state index contributed by atoms with van der Waals surface area (Å²) >= 11 is 0. The highest BCUT2D eigenvalue weighted by molar-refractivity contribution is 6.15. The summed E-state index contributed by atoms with van der Waals surface area (Å²) in [6, 6.07) is 9.60. The van der Waals surface area contributed by atoms with Gasteiger partial charge >= 0.3 is 0 Å². The Hall–Kier alpha value is -3.42. The maximum absolute atomic E-state index is 11.9. The first-order valence-corrected chi connectivity index (χ1v) is 7.16. The van der Waals surface area contributed by atoms with E-state index in [2.05, 4.69) is 10.5 Å². The summed E-state index contributed by atoms with van der Waals surface area (Å²) in [6.45, 7) is 0.119. The number of nitrogens with zero attached hydrogens (tertiary/aromatic N) is 2. The van der Waals surface area contributed by atoms with Gasteiger partial charge in [0.05, 0.1) is 17.1 Å². The molecule has 1 N–H and O–H groups in total. The number of hydrogen-bond acceptors (Lipinski definition) is 6. The van der Waals surface area contributed by atoms with E-state index in [9.17, 15) is 14.9 Å². The molecule has 0 aromatic heterocycles. The standard InChI is InChI=1S/C16H11N3O5/c20-15-6-10-5-13-14(24-8-23-13)7-12(10)16(18-17-15)9-2-1-3-11(4-9)19(21)22/h1-5,7H,6,8H2,(H,17,20). The lowest BCUT2D eigenvalue weighted by molar-refractivity contribution is -0.384. The van der Waals surface area contributed by atoms with Crippen molar-refractivity contribution in [2.24, 2.45) is 5.10 Å². The number of benzene rings is 2. The van der Waals surface area contributed by atoms with Crippen molar-refractivity contribution < 1.29 is 19.2 Å². The quantitative estimate of drug-likeness (QED) is 0.669. The van der Waals surface area contributed by atoms with Gasteiger partial charge in [-0.25, -0.2) is 5.43 Å². The highest BCUT2D eigenvalue weighted by Gasteiger charge is 2.25. The highest BCUT2D eigenvalue weighted by Crippen LogP contribution is 2.36. The Morgan fingerprint density at radius 2 is 1.96 bits per heavy atom. The van der Waals surface area contributed by atoms with E-state index in [-0.39, 0.29) is 24.8 Å². The van der Waals surface area contributed by atoms with Gasteiger partial charge in [-0.05, 0) is 17.7 Å². The second-order valence-corrected chi connectivity index (χ2v) is 5.34. The van der Waals surface area contributed by atoms with Crippen molar-refractivity contribution in [1.29, 1.82) is 0 Å². The number of ether oxygens (including phenoxy) is 2. The predicted molar refractivity (Wildman–Crippen MR) is 83.1 cm³/mol. The lowest BCUT2D eigenvalue weighted by Crippen LogP contribution is -2.18. The molecular formula is C16H11N3O5. The van der Waals surface area contributed by atoms with Gasteiger partial charge in [0.25, 0.3) is 5.69 Å². The largest absolute Gasteiger partial charge is 0.454 e. The first-order chi connectivity index (χ1) is 11.6. The third-order valence-electron chi connectivity index (χ3n) is 3.83. The van der Waals surface area contributed by atoms with Crippen LogP contribution >= 0.6 is 0 Å². The SMILES string of the molecule is O=C1Cc2cc3c(cc2C(c2cccc([N+](=O)[O-])c2)=NN1)OCO3. The van der Waals surface area contributed by atoms with Crippen molar-refractivity contribution >= 4 is 17.3 Å². The summed E-state index contributed by atoms with van der Waals surface area (Å²) in [4.78, 5) is 22.4. The Morgan fingerprint density at radius 3 is 2.75 bits per heavy atom. The number of rotatable bonds is 2. The van der Waals surface area contributed by atoms with Gasteiger partial charge in [0.1, 0.15) is 0 Å². The third kappa shape index (κ3) is 2.34. The Balaban J connectivity index is 1.89. The van der Waals surface area contributed by atoms with Crippen LogP contribution < -0.4 is 14.9 Å². The first-order valence-electron chi connectivity index (χ1n) is 7.16. The van der Waals surface area contributed by atoms with Gasteiger partial charge in [-0.2, -0.15) is 5.10 Å². The molecule has 2 aliphatic rings. The van der Waals surface area contributed by atoms with Crippen LogP contribution in [0.5, 0.6) is 11.5 Å². The number of carbonyl (C=O) groups is 1. The molecule has 8 nitrogen and oxygen atoms in total. The molecule has 2 aliphatic heterocycles. The predicted octanol–water partition coefficient (Wildman–Crippen LogP) is 1.75. The van der Waals surface area contributed by atoms with Crippen molar-refractivity contribution in [2.75, 3.05) is 6.79 Å². The molecule has 4 rings (SSSR count). The minimum absolute atomic E-state index is 0.0481. The smallest absolute Gasteiger partial charge is 0.270 e. The minimum Gasteiger partial charge on any atom is -0.454 e. The fourth-order valence-corrected chi connectivity index (χ4v) is 2.73. The summed E-state index contributed by atoms with van der Waals surface area (Å²) in [5, 5.41) is 15.2. The van der Waals surface area contributed by atoms with Gasteiger partial charge in [-0.3, -0.25) is 14.9 Å². The van der Waals surface area contributed by atoms with Crippen LogP contribution in [0.3, 0.4) is 0 Å². The summed E-state index contributed by atoms with van der Waals surface area (Å²) in [5.41, 5.74) is 4.79. The summed E-state index contributed by atoms with van der Waals surface area (Å²) in [6.07, 6.45) is 0.133. The molecule has 2 heterocycles. The number of carbonyl (C=O) groups excluding carboxylic acids is 1. The summed E-state index contributed by atoms with van der Waals surface area (Å²) in [5.74, 6) is 0.860.